The lowest BCUT2D eigenvalue weighted by Gasteiger charge is -2.28. The topological polar surface area (TPSA) is 123 Å². The molecule has 0 saturated heterocycles. The van der Waals surface area contributed by atoms with E-state index in [4.69, 9.17) is 29.7 Å². The van der Waals surface area contributed by atoms with Crippen LogP contribution in [-0.4, -0.2) is 46.4 Å². The van der Waals surface area contributed by atoms with Crippen LogP contribution in [0.5, 0.6) is 17.4 Å². The van der Waals surface area contributed by atoms with Crippen molar-refractivity contribution in [1.82, 2.24) is 19.6 Å². The predicted octanol–water partition coefficient (Wildman–Crippen LogP) is 3.75. The number of methoxy groups -OCH3 is 2. The number of nitrogens with two attached hydrogens (primary N) is 1. The van der Waals surface area contributed by atoms with E-state index >= 15 is 0 Å². The number of anilines is 1. The Morgan fingerprint density at radius 3 is 2.64 bits per heavy atom. The van der Waals surface area contributed by atoms with Crippen molar-refractivity contribution in [2.75, 3.05) is 26.6 Å². The number of nitrogen functional groups attached to an aromatic ring is 1. The average molecular weight is 488 g/mol. The lowest BCUT2D eigenvalue weighted by Crippen LogP contribution is -2.24. The molecule has 1 unspecified atom stereocenters. The molecule has 0 spiro atoms. The zero-order valence-corrected chi connectivity index (χ0v) is 20.3. The Balaban J connectivity index is 1.77. The van der Waals surface area contributed by atoms with E-state index in [2.05, 4.69) is 10.1 Å². The molecule has 10 nitrogen and oxygen atoms in total. The smallest absolute Gasteiger partial charge is 0.338 e. The highest BCUT2D eigenvalue weighted by Gasteiger charge is 2.38. The molecule has 1 aliphatic heterocycles. The second-order valence-electron chi connectivity index (χ2n) is 8.09. The summed E-state index contributed by atoms with van der Waals surface area (Å²) in [6.07, 6.45) is 1.53. The molecule has 184 valence electrons. The van der Waals surface area contributed by atoms with Crippen LogP contribution in [0.3, 0.4) is 0 Å². The zero-order chi connectivity index (χ0) is 25.4. The molecule has 0 saturated carbocycles. The van der Waals surface area contributed by atoms with Crippen molar-refractivity contribution >= 4 is 17.3 Å². The third kappa shape index (κ3) is 3.76. The summed E-state index contributed by atoms with van der Waals surface area (Å²) in [7, 11) is 3.12. The van der Waals surface area contributed by atoms with Crippen molar-refractivity contribution in [3.05, 3.63) is 71.3 Å². The number of hydrogen-bond donors (Lipinski definition) is 1. The minimum absolute atomic E-state index is 0.214. The molecule has 2 N–H and O–H groups in total. The summed E-state index contributed by atoms with van der Waals surface area (Å²) < 4.78 is 23.9. The predicted molar refractivity (Wildman–Crippen MR) is 132 cm³/mol. The van der Waals surface area contributed by atoms with E-state index in [-0.39, 0.29) is 6.61 Å². The minimum Gasteiger partial charge on any atom is -0.493 e. The molecule has 0 fully saturated rings. The highest BCUT2D eigenvalue weighted by atomic mass is 16.5. The van der Waals surface area contributed by atoms with Crippen molar-refractivity contribution in [3.8, 4) is 28.8 Å². The maximum absolute atomic E-state index is 13.2. The summed E-state index contributed by atoms with van der Waals surface area (Å²) in [6.45, 7) is 3.69. The van der Waals surface area contributed by atoms with E-state index in [1.165, 1.54) is 6.33 Å². The van der Waals surface area contributed by atoms with Crippen LogP contribution in [0, 0.1) is 0 Å². The van der Waals surface area contributed by atoms with Crippen LogP contribution in [0.1, 0.15) is 30.9 Å². The lowest BCUT2D eigenvalue weighted by molar-refractivity contribution is -0.139. The lowest BCUT2D eigenvalue weighted by atomic mass is 9.83. The summed E-state index contributed by atoms with van der Waals surface area (Å²) in [5.74, 6) is 1.12. The molecule has 0 bridgehead atoms. The van der Waals surface area contributed by atoms with Crippen LogP contribution in [-0.2, 0) is 9.53 Å². The van der Waals surface area contributed by atoms with Gasteiger partial charge in [-0.2, -0.15) is 0 Å². The first-order valence-corrected chi connectivity index (χ1v) is 11.3. The van der Waals surface area contributed by atoms with Crippen molar-refractivity contribution in [3.63, 3.8) is 0 Å². The fourth-order valence-electron chi connectivity index (χ4n) is 4.39. The molecule has 10 heteroatoms. The van der Waals surface area contributed by atoms with Gasteiger partial charge < -0.3 is 24.7 Å². The third-order valence-electron chi connectivity index (χ3n) is 6.03. The van der Waals surface area contributed by atoms with E-state index < -0.39 is 11.9 Å². The molecule has 4 aromatic rings. The van der Waals surface area contributed by atoms with E-state index in [1.807, 2.05) is 30.3 Å². The van der Waals surface area contributed by atoms with Crippen LogP contribution >= 0.6 is 0 Å². The molecule has 1 atom stereocenters. The van der Waals surface area contributed by atoms with Crippen LogP contribution < -0.4 is 19.9 Å². The van der Waals surface area contributed by atoms with Crippen LogP contribution in [0.4, 0.5) is 5.69 Å². The van der Waals surface area contributed by atoms with Gasteiger partial charge in [0, 0.05) is 11.3 Å². The average Bonchev–Trinajstić information content (AvgIpc) is 3.32. The van der Waals surface area contributed by atoms with E-state index in [1.54, 1.807) is 44.7 Å². The Kier molecular flexibility index (Phi) is 5.93. The standard InChI is InChI=1S/C26H25N5O5/c1-5-35-26(32)20-14(2)36-25-22(21(20)15-10-11-18(33-3)19(12-15)34-4)24-29-23(30-31(24)13-28-25)16-8-6-7-9-17(16)27/h6-13,21H,5,27H2,1-4H3. The maximum Gasteiger partial charge on any atom is 0.338 e. The van der Waals surface area contributed by atoms with Gasteiger partial charge >= 0.3 is 5.97 Å². The second kappa shape index (κ2) is 9.21. The number of carbonyl (C=O) groups is 1. The molecule has 2 aromatic heterocycles. The summed E-state index contributed by atoms with van der Waals surface area (Å²) >= 11 is 0. The first-order valence-electron chi connectivity index (χ1n) is 11.3. The number of aromatic nitrogens is 4. The number of hydrogen-bond acceptors (Lipinski definition) is 9. The normalized spacial score (nSPS) is 14.8. The van der Waals surface area contributed by atoms with Crippen molar-refractivity contribution in [2.45, 2.75) is 19.8 Å². The van der Waals surface area contributed by atoms with Gasteiger partial charge in [0.05, 0.1) is 37.9 Å². The molecule has 0 radical (unpaired) electrons. The largest absolute Gasteiger partial charge is 0.493 e. The number of ether oxygens (including phenoxy) is 4. The number of carbonyl (C=O) groups excluding carboxylic acids is 1. The number of esters is 1. The molecular formula is C26H25N5O5. The monoisotopic (exact) mass is 487 g/mol. The summed E-state index contributed by atoms with van der Waals surface area (Å²) in [4.78, 5) is 22.5. The fourth-order valence-corrected chi connectivity index (χ4v) is 4.39. The Morgan fingerprint density at radius 2 is 1.92 bits per heavy atom. The molecule has 0 aliphatic carbocycles. The van der Waals surface area contributed by atoms with Crippen LogP contribution in [0.15, 0.2) is 60.1 Å². The number of fused-ring (bicyclic) bond motifs is 3. The van der Waals surface area contributed by atoms with Gasteiger partial charge in [-0.1, -0.05) is 18.2 Å². The second-order valence-corrected chi connectivity index (χ2v) is 8.09. The SMILES string of the molecule is CCOC(=O)C1=C(C)Oc2ncn3nc(-c4ccccc4N)nc3c2C1c1ccc(OC)c(OC)c1. The van der Waals surface area contributed by atoms with Gasteiger partial charge in [0.25, 0.3) is 0 Å². The first-order chi connectivity index (χ1) is 17.5. The highest BCUT2D eigenvalue weighted by molar-refractivity contribution is 5.93. The first kappa shape index (κ1) is 23.2. The van der Waals surface area contributed by atoms with Crippen LogP contribution in [0.25, 0.3) is 17.0 Å². The van der Waals surface area contributed by atoms with Crippen molar-refractivity contribution in [1.29, 1.82) is 0 Å². The molecule has 2 aromatic carbocycles. The number of rotatable bonds is 6. The van der Waals surface area contributed by atoms with Crippen molar-refractivity contribution < 1.29 is 23.7 Å². The van der Waals surface area contributed by atoms with Gasteiger partial charge in [0.2, 0.25) is 5.88 Å². The molecule has 36 heavy (non-hydrogen) atoms. The molecular weight excluding hydrogens is 462 g/mol. The van der Waals surface area contributed by atoms with Gasteiger partial charge in [-0.25, -0.2) is 19.3 Å². The Morgan fingerprint density at radius 1 is 1.14 bits per heavy atom. The van der Waals surface area contributed by atoms with Gasteiger partial charge in [0.15, 0.2) is 23.0 Å². The molecule has 3 heterocycles. The van der Waals surface area contributed by atoms with Gasteiger partial charge in [-0.3, -0.25) is 0 Å². The fraction of sp³-hybridized carbons (Fsp3) is 0.231. The Labute approximate surface area is 207 Å². The minimum atomic E-state index is -0.617. The number of nitrogens with zero attached hydrogens (tertiary/aromatic N) is 4. The van der Waals surface area contributed by atoms with Crippen molar-refractivity contribution in [2.24, 2.45) is 0 Å². The van der Waals surface area contributed by atoms with E-state index in [9.17, 15) is 4.79 Å². The highest BCUT2D eigenvalue weighted by Crippen LogP contribution is 2.46. The third-order valence-corrected chi connectivity index (χ3v) is 6.03. The van der Waals surface area contributed by atoms with Gasteiger partial charge in [0.1, 0.15) is 12.1 Å². The zero-order valence-electron chi connectivity index (χ0n) is 20.3. The summed E-state index contributed by atoms with van der Waals surface area (Å²) in [5.41, 5.74) is 9.56. The Hall–Kier alpha value is -4.60. The van der Waals surface area contributed by atoms with E-state index in [0.717, 1.165) is 5.56 Å². The Bertz CT molecular complexity index is 1510. The van der Waals surface area contributed by atoms with Gasteiger partial charge in [-0.15, -0.1) is 5.10 Å². The maximum atomic E-state index is 13.2. The number of para-hydroxylation sites is 1. The quantitative estimate of drug-likeness (QED) is 0.320. The summed E-state index contributed by atoms with van der Waals surface area (Å²) in [5, 5.41) is 4.60. The van der Waals surface area contributed by atoms with Crippen LogP contribution in [0.2, 0.25) is 0 Å². The molecule has 1 aliphatic rings. The summed E-state index contributed by atoms with van der Waals surface area (Å²) in [6, 6.07) is 12.8. The molecule has 5 rings (SSSR count). The number of benzene rings is 2. The van der Waals surface area contributed by atoms with E-state index in [0.29, 0.717) is 57.0 Å². The van der Waals surface area contributed by atoms with Gasteiger partial charge in [-0.05, 0) is 43.7 Å². The number of allylic oxidation sites excluding steroid dienone is 1. The molecule has 0 amide bonds.